The molecule has 0 heterocycles. The zero-order valence-electron chi connectivity index (χ0n) is 24.8. The second-order valence-corrected chi connectivity index (χ2v) is 18.8. The molecule has 2 aromatic rings. The van der Waals surface area contributed by atoms with E-state index in [0.717, 1.165) is 22.3 Å². The minimum Gasteiger partial charge on any atom is -0.302 e. The molecule has 0 bridgehead atoms. The molecule has 0 fully saturated rings. The Morgan fingerprint density at radius 3 is 1.03 bits per heavy atom. The van der Waals surface area contributed by atoms with Gasteiger partial charge < -0.3 is 14.7 Å². The molecule has 0 aliphatic rings. The van der Waals surface area contributed by atoms with Crippen molar-refractivity contribution in [3.8, 4) is 0 Å². The molecule has 2 rings (SSSR count). The van der Waals surface area contributed by atoms with Gasteiger partial charge in [-0.05, 0) is 68.2 Å². The van der Waals surface area contributed by atoms with Crippen molar-refractivity contribution in [3.63, 3.8) is 0 Å². The topological polar surface area (TPSA) is 113 Å². The van der Waals surface area contributed by atoms with Crippen LogP contribution in [0.2, 0.25) is 0 Å². The molecule has 10 heteroatoms. The average Bonchev–Trinajstić information content (AvgIpc) is 2.67. The number of benzene rings is 2. The Balaban J connectivity index is 2.97. The Bertz CT molecular complexity index is 1120. The van der Waals surface area contributed by atoms with Crippen molar-refractivity contribution in [3.05, 3.63) is 58.7 Å². The molecule has 7 nitrogen and oxygen atoms in total. The predicted molar refractivity (Wildman–Crippen MR) is 157 cm³/mol. The van der Waals surface area contributed by atoms with E-state index in [1.807, 2.05) is 24.3 Å². The fraction of sp³-hybridized carbons (Fsp3) is 0.571. The van der Waals surface area contributed by atoms with Gasteiger partial charge in [0, 0.05) is 9.79 Å². The van der Waals surface area contributed by atoms with E-state index >= 15 is 0 Å². The summed E-state index contributed by atoms with van der Waals surface area (Å²) in [4.78, 5) is 30.4. The number of hydrogen-bond acceptors (Lipinski definition) is 4. The average molecular weight is 589 g/mol. The summed E-state index contributed by atoms with van der Waals surface area (Å²) in [5, 5.41) is 0. The molecular weight excluding hydrogens is 542 g/mol. The van der Waals surface area contributed by atoms with Gasteiger partial charge in [0.2, 0.25) is 0 Å². The summed E-state index contributed by atoms with van der Waals surface area (Å²) in [7, 11) is -10.5. The molecule has 0 aliphatic heterocycles. The highest BCUT2D eigenvalue weighted by molar-refractivity contribution is 8.15. The first-order chi connectivity index (χ1) is 16.7. The minimum atomic E-state index is -5.30. The predicted octanol–water partition coefficient (Wildman–Crippen LogP) is 8.44. The zero-order chi connectivity index (χ0) is 29.7. The van der Waals surface area contributed by atoms with Crippen LogP contribution in [0.4, 0.5) is 0 Å². The Morgan fingerprint density at radius 1 is 0.553 bits per heavy atom. The van der Waals surface area contributed by atoms with E-state index in [-0.39, 0.29) is 21.7 Å². The van der Waals surface area contributed by atoms with Gasteiger partial charge in [-0.25, -0.2) is 13.1 Å². The quantitative estimate of drug-likeness (QED) is 0.198. The minimum absolute atomic E-state index is 0.230. The smallest absolute Gasteiger partial charge is 0.302 e. The molecule has 0 saturated carbocycles. The largest absolute Gasteiger partial charge is 0.491 e. The van der Waals surface area contributed by atoms with Crippen molar-refractivity contribution in [2.24, 2.45) is 0 Å². The monoisotopic (exact) mass is 588 g/mol. The molecular formula is C28H46O7P2S. The summed E-state index contributed by atoms with van der Waals surface area (Å²) in [6, 6.07) is 12.1. The van der Waals surface area contributed by atoms with Crippen molar-refractivity contribution in [2.45, 2.75) is 115 Å². The van der Waals surface area contributed by atoms with Crippen molar-refractivity contribution >= 4 is 26.8 Å². The van der Waals surface area contributed by atoms with Gasteiger partial charge in [0.05, 0.1) is 0 Å². The second kappa shape index (κ2) is 10.8. The van der Waals surface area contributed by atoms with Crippen LogP contribution in [-0.4, -0.2) is 14.7 Å². The van der Waals surface area contributed by atoms with Crippen LogP contribution in [0.3, 0.4) is 0 Å². The lowest BCUT2D eigenvalue weighted by molar-refractivity contribution is 0.235. The van der Waals surface area contributed by atoms with E-state index in [2.05, 4.69) is 99.5 Å². The summed E-state index contributed by atoms with van der Waals surface area (Å²) >= 11 is -2.03. The molecule has 1 unspecified atom stereocenters. The maximum atomic E-state index is 12.9. The molecule has 0 amide bonds. The van der Waals surface area contributed by atoms with Crippen LogP contribution in [-0.2, 0) is 39.1 Å². The summed E-state index contributed by atoms with van der Waals surface area (Å²) < 4.78 is 34.4. The molecule has 1 atom stereocenters. The summed E-state index contributed by atoms with van der Waals surface area (Å²) in [5.41, 5.74) is 3.15. The van der Waals surface area contributed by atoms with Crippen molar-refractivity contribution in [1.82, 2.24) is 0 Å². The molecule has 0 saturated heterocycles. The van der Waals surface area contributed by atoms with Crippen LogP contribution in [0.25, 0.3) is 0 Å². The number of rotatable bonds is 6. The van der Waals surface area contributed by atoms with Gasteiger partial charge in [-0.1, -0.05) is 106 Å². The molecule has 2 aromatic carbocycles. The highest BCUT2D eigenvalue weighted by Crippen LogP contribution is 2.66. The molecule has 0 aliphatic carbocycles. The van der Waals surface area contributed by atoms with Gasteiger partial charge >= 0.3 is 15.6 Å². The molecule has 0 spiro atoms. The van der Waals surface area contributed by atoms with Crippen LogP contribution in [0.5, 0.6) is 0 Å². The summed E-state index contributed by atoms with van der Waals surface area (Å²) in [6.07, 6.45) is 0. The van der Waals surface area contributed by atoms with Crippen molar-refractivity contribution in [1.29, 1.82) is 0 Å². The van der Waals surface area contributed by atoms with Gasteiger partial charge in [-0.2, -0.15) is 4.31 Å². The van der Waals surface area contributed by atoms with E-state index in [0.29, 0.717) is 9.79 Å². The Morgan fingerprint density at radius 2 is 0.816 bits per heavy atom. The van der Waals surface area contributed by atoms with Gasteiger partial charge in [0.15, 0.2) is 0 Å². The van der Waals surface area contributed by atoms with Crippen LogP contribution >= 0.6 is 26.8 Å². The maximum Gasteiger partial charge on any atom is 0.491 e. The first-order valence-electron chi connectivity index (χ1n) is 12.6. The lowest BCUT2D eigenvalue weighted by Gasteiger charge is -2.32. The van der Waals surface area contributed by atoms with Crippen molar-refractivity contribution < 1.29 is 32.1 Å². The zero-order valence-corrected chi connectivity index (χ0v) is 27.5. The van der Waals surface area contributed by atoms with Crippen LogP contribution in [0.15, 0.2) is 46.2 Å². The fourth-order valence-corrected chi connectivity index (χ4v) is 8.05. The highest BCUT2D eigenvalue weighted by Gasteiger charge is 2.36. The number of phosphoric acid groups is 2. The van der Waals surface area contributed by atoms with E-state index < -0.39 is 26.8 Å². The number of thiol groups is 1. The second-order valence-electron chi connectivity index (χ2n) is 14.0. The lowest BCUT2D eigenvalue weighted by Crippen LogP contribution is -2.18. The first-order valence-corrected chi connectivity index (χ1v) is 16.9. The third kappa shape index (κ3) is 9.31. The van der Waals surface area contributed by atoms with Crippen LogP contribution < -0.4 is 0 Å². The van der Waals surface area contributed by atoms with Gasteiger partial charge in [-0.3, -0.25) is 0 Å². The maximum absolute atomic E-state index is 12.9. The number of hydrogen-bond donors (Lipinski definition) is 4. The molecule has 3 N–H and O–H groups in total. The van der Waals surface area contributed by atoms with Crippen LogP contribution in [0.1, 0.15) is 105 Å². The van der Waals surface area contributed by atoms with E-state index in [1.54, 1.807) is 0 Å². The highest BCUT2D eigenvalue weighted by atomic mass is 32.2. The molecule has 0 aromatic heterocycles. The first kappa shape index (κ1) is 33.3. The fourth-order valence-electron chi connectivity index (χ4n) is 3.68. The van der Waals surface area contributed by atoms with E-state index in [9.17, 15) is 23.8 Å². The van der Waals surface area contributed by atoms with E-state index in [1.165, 1.54) is 0 Å². The van der Waals surface area contributed by atoms with Crippen LogP contribution in [0, 0.1) is 0 Å². The standard InChI is InChI=1S/C28H46O7P2S/c1-25(2,3)19-13-20(26(4,5)6)16-23(15-19)38(35-37(32,33)34-36(29,30)31)24-17-21(27(7,8)9)14-22(18-24)28(10,11)12/h13-18,38H,1-12H3,(H,32,33)(H2,29,30,31). The summed E-state index contributed by atoms with van der Waals surface area (Å²) in [5.74, 6) is 0. The molecule has 216 valence electrons. The third-order valence-corrected chi connectivity index (χ3v) is 10.8. The molecule has 0 radical (unpaired) electrons. The van der Waals surface area contributed by atoms with Gasteiger partial charge in [-0.15, -0.1) is 0 Å². The Kier molecular flexibility index (Phi) is 9.45. The Hall–Kier alpha value is -0.950. The SMILES string of the molecule is CC(C)(C)c1cc([SH](OP(=O)(O)OP(=O)(O)O)c2cc(C(C)(C)C)cc(C(C)(C)C)c2)cc(C(C)(C)C)c1. The molecule has 38 heavy (non-hydrogen) atoms. The third-order valence-electron chi connectivity index (χ3n) is 6.16. The Labute approximate surface area is 231 Å². The normalized spacial score (nSPS) is 15.8. The van der Waals surface area contributed by atoms with Crippen molar-refractivity contribution in [2.75, 3.05) is 0 Å². The van der Waals surface area contributed by atoms with Gasteiger partial charge in [0.1, 0.15) is 0 Å². The summed E-state index contributed by atoms with van der Waals surface area (Å²) in [6.45, 7) is 25.1. The van der Waals surface area contributed by atoms with Gasteiger partial charge in [0.25, 0.3) is 0 Å². The lowest BCUT2D eigenvalue weighted by atomic mass is 9.81. The van der Waals surface area contributed by atoms with E-state index in [4.69, 9.17) is 3.97 Å².